The Balaban J connectivity index is 2.24. The molecule has 13 heavy (non-hydrogen) atoms. The van der Waals surface area contributed by atoms with Crippen molar-refractivity contribution >= 4 is 0 Å². The van der Waals surface area contributed by atoms with Crippen molar-refractivity contribution in [2.45, 2.75) is 32.2 Å². The zero-order chi connectivity index (χ0) is 9.68. The first-order chi connectivity index (χ1) is 6.29. The Morgan fingerprint density at radius 3 is 2.85 bits per heavy atom. The van der Waals surface area contributed by atoms with Crippen molar-refractivity contribution in [3.05, 3.63) is 0 Å². The van der Waals surface area contributed by atoms with E-state index in [1.54, 1.807) is 0 Å². The van der Waals surface area contributed by atoms with Crippen LogP contribution in [-0.4, -0.2) is 42.3 Å². The number of likely N-dealkylation sites (tertiary alicyclic amines) is 1. The van der Waals surface area contributed by atoms with E-state index in [9.17, 15) is 5.11 Å². The Hall–Kier alpha value is -0.120. The van der Waals surface area contributed by atoms with Crippen LogP contribution in [0.5, 0.6) is 0 Å². The summed E-state index contributed by atoms with van der Waals surface area (Å²) in [5.41, 5.74) is 5.44. The Bertz CT molecular complexity index is 141. The van der Waals surface area contributed by atoms with Crippen molar-refractivity contribution in [1.82, 2.24) is 4.90 Å². The average molecular weight is 186 g/mol. The second-order valence-corrected chi connectivity index (χ2v) is 4.05. The maximum absolute atomic E-state index is 9.20. The lowest BCUT2D eigenvalue weighted by molar-refractivity contribution is 0.138. The van der Waals surface area contributed by atoms with Gasteiger partial charge in [-0.1, -0.05) is 6.92 Å². The van der Waals surface area contributed by atoms with E-state index in [0.29, 0.717) is 18.6 Å². The molecule has 3 N–H and O–H groups in total. The van der Waals surface area contributed by atoms with Crippen LogP contribution < -0.4 is 5.73 Å². The van der Waals surface area contributed by atoms with Crippen molar-refractivity contribution in [2.24, 2.45) is 11.7 Å². The SMILES string of the molecule is CC1CCN(CCCCN)C1CO. The van der Waals surface area contributed by atoms with Gasteiger partial charge in [0, 0.05) is 6.04 Å². The van der Waals surface area contributed by atoms with Crippen molar-refractivity contribution < 1.29 is 5.11 Å². The molecule has 3 nitrogen and oxygen atoms in total. The van der Waals surface area contributed by atoms with Gasteiger partial charge in [-0.15, -0.1) is 0 Å². The molecule has 0 aromatic rings. The second kappa shape index (κ2) is 5.58. The van der Waals surface area contributed by atoms with Crippen LogP contribution in [0.2, 0.25) is 0 Å². The van der Waals surface area contributed by atoms with Crippen molar-refractivity contribution in [1.29, 1.82) is 0 Å². The molecule has 1 rings (SSSR count). The molecule has 1 aliphatic heterocycles. The minimum atomic E-state index is 0.309. The number of unbranched alkanes of at least 4 members (excludes halogenated alkanes) is 1. The molecule has 2 unspecified atom stereocenters. The highest BCUT2D eigenvalue weighted by Gasteiger charge is 2.29. The van der Waals surface area contributed by atoms with Crippen LogP contribution in [0, 0.1) is 5.92 Å². The van der Waals surface area contributed by atoms with E-state index >= 15 is 0 Å². The minimum Gasteiger partial charge on any atom is -0.395 e. The highest BCUT2D eigenvalue weighted by molar-refractivity contribution is 4.83. The molecular formula is C10H22N2O. The number of rotatable bonds is 5. The van der Waals surface area contributed by atoms with Gasteiger partial charge in [-0.2, -0.15) is 0 Å². The number of hydrogen-bond acceptors (Lipinski definition) is 3. The number of hydrogen-bond donors (Lipinski definition) is 2. The predicted octanol–water partition coefficient (Wildman–Crippen LogP) is 0.428. The molecule has 1 fully saturated rings. The summed E-state index contributed by atoms with van der Waals surface area (Å²) >= 11 is 0. The van der Waals surface area contributed by atoms with Gasteiger partial charge in [-0.3, -0.25) is 4.90 Å². The van der Waals surface area contributed by atoms with Crippen molar-refractivity contribution in [2.75, 3.05) is 26.2 Å². The average Bonchev–Trinajstić information content (AvgIpc) is 2.47. The molecule has 0 aliphatic carbocycles. The molecule has 1 saturated heterocycles. The summed E-state index contributed by atoms with van der Waals surface area (Å²) < 4.78 is 0. The first-order valence-corrected chi connectivity index (χ1v) is 5.34. The van der Waals surface area contributed by atoms with Crippen LogP contribution in [0.25, 0.3) is 0 Å². The van der Waals surface area contributed by atoms with Gasteiger partial charge in [-0.25, -0.2) is 0 Å². The Morgan fingerprint density at radius 1 is 1.46 bits per heavy atom. The zero-order valence-corrected chi connectivity index (χ0v) is 8.58. The van der Waals surface area contributed by atoms with Crippen LogP contribution in [0.15, 0.2) is 0 Å². The molecule has 0 aromatic heterocycles. The first-order valence-electron chi connectivity index (χ1n) is 5.34. The van der Waals surface area contributed by atoms with E-state index in [0.717, 1.165) is 26.1 Å². The minimum absolute atomic E-state index is 0.309. The number of aliphatic hydroxyl groups is 1. The number of nitrogens with two attached hydrogens (primary N) is 1. The summed E-state index contributed by atoms with van der Waals surface area (Å²) in [5.74, 6) is 0.655. The lowest BCUT2D eigenvalue weighted by atomic mass is 10.0. The second-order valence-electron chi connectivity index (χ2n) is 4.05. The highest BCUT2D eigenvalue weighted by Crippen LogP contribution is 2.23. The summed E-state index contributed by atoms with van der Waals surface area (Å²) in [7, 11) is 0. The van der Waals surface area contributed by atoms with Crippen LogP contribution in [0.3, 0.4) is 0 Å². The Morgan fingerprint density at radius 2 is 2.23 bits per heavy atom. The normalized spacial score (nSPS) is 29.8. The summed E-state index contributed by atoms with van der Waals surface area (Å²) in [6.45, 7) is 5.57. The zero-order valence-electron chi connectivity index (χ0n) is 8.58. The van der Waals surface area contributed by atoms with Gasteiger partial charge < -0.3 is 10.8 Å². The van der Waals surface area contributed by atoms with Crippen LogP contribution >= 0.6 is 0 Å². The fraction of sp³-hybridized carbons (Fsp3) is 1.00. The molecule has 0 aromatic carbocycles. The van der Waals surface area contributed by atoms with Gasteiger partial charge in [-0.05, 0) is 44.8 Å². The molecule has 78 valence electrons. The number of nitrogens with zero attached hydrogens (tertiary/aromatic N) is 1. The summed E-state index contributed by atoms with van der Waals surface area (Å²) in [6, 6.07) is 0.401. The topological polar surface area (TPSA) is 49.5 Å². The monoisotopic (exact) mass is 186 g/mol. The smallest absolute Gasteiger partial charge is 0.0589 e. The van der Waals surface area contributed by atoms with Crippen LogP contribution in [0.1, 0.15) is 26.2 Å². The van der Waals surface area contributed by atoms with Gasteiger partial charge in [0.05, 0.1) is 6.61 Å². The van der Waals surface area contributed by atoms with Gasteiger partial charge in [0.15, 0.2) is 0 Å². The maximum atomic E-state index is 9.20. The summed E-state index contributed by atoms with van der Waals surface area (Å²) in [4.78, 5) is 2.40. The van der Waals surface area contributed by atoms with Gasteiger partial charge in [0.1, 0.15) is 0 Å². The van der Waals surface area contributed by atoms with Crippen molar-refractivity contribution in [3.63, 3.8) is 0 Å². The van der Waals surface area contributed by atoms with E-state index in [4.69, 9.17) is 5.73 Å². The maximum Gasteiger partial charge on any atom is 0.0589 e. The molecule has 0 spiro atoms. The summed E-state index contributed by atoms with van der Waals surface area (Å²) in [6.07, 6.45) is 3.50. The third-order valence-corrected chi connectivity index (χ3v) is 3.08. The van der Waals surface area contributed by atoms with Gasteiger partial charge in [0.2, 0.25) is 0 Å². The van der Waals surface area contributed by atoms with E-state index in [1.807, 2.05) is 0 Å². The van der Waals surface area contributed by atoms with E-state index in [2.05, 4.69) is 11.8 Å². The molecule has 1 heterocycles. The largest absolute Gasteiger partial charge is 0.395 e. The third kappa shape index (κ3) is 2.93. The molecule has 1 aliphatic rings. The Labute approximate surface area is 80.9 Å². The van der Waals surface area contributed by atoms with E-state index in [1.165, 1.54) is 12.8 Å². The van der Waals surface area contributed by atoms with Crippen molar-refractivity contribution in [3.8, 4) is 0 Å². The quantitative estimate of drug-likeness (QED) is 0.612. The number of aliphatic hydroxyl groups excluding tert-OH is 1. The summed E-state index contributed by atoms with van der Waals surface area (Å²) in [5, 5.41) is 9.20. The molecular weight excluding hydrogens is 164 g/mol. The standard InChI is InChI=1S/C10H22N2O/c1-9-4-7-12(10(9)8-13)6-3-2-5-11/h9-10,13H,2-8,11H2,1H3. The molecule has 0 bridgehead atoms. The Kier molecular flexibility index (Phi) is 4.70. The third-order valence-electron chi connectivity index (χ3n) is 3.08. The van der Waals surface area contributed by atoms with Gasteiger partial charge >= 0.3 is 0 Å². The van der Waals surface area contributed by atoms with E-state index < -0.39 is 0 Å². The first kappa shape index (κ1) is 11.0. The van der Waals surface area contributed by atoms with Crippen LogP contribution in [-0.2, 0) is 0 Å². The van der Waals surface area contributed by atoms with E-state index in [-0.39, 0.29) is 0 Å². The molecule has 0 radical (unpaired) electrons. The fourth-order valence-electron chi connectivity index (χ4n) is 2.12. The molecule has 0 amide bonds. The van der Waals surface area contributed by atoms with Gasteiger partial charge in [0.25, 0.3) is 0 Å². The fourth-order valence-corrected chi connectivity index (χ4v) is 2.12. The molecule has 2 atom stereocenters. The van der Waals surface area contributed by atoms with Crippen LogP contribution in [0.4, 0.5) is 0 Å². The highest BCUT2D eigenvalue weighted by atomic mass is 16.3. The predicted molar refractivity (Wildman–Crippen MR) is 54.5 cm³/mol. The molecule has 3 heteroatoms. The molecule has 0 saturated carbocycles. The lowest BCUT2D eigenvalue weighted by Crippen LogP contribution is -2.35. The lowest BCUT2D eigenvalue weighted by Gasteiger charge is -2.24.